The van der Waals surface area contributed by atoms with Gasteiger partial charge in [0.15, 0.2) is 11.0 Å². The molecule has 0 aromatic carbocycles. The summed E-state index contributed by atoms with van der Waals surface area (Å²) in [6.45, 7) is 0. The number of halogens is 2. The fraction of sp³-hybridized carbons (Fsp3) is 0.417. The molecule has 0 N–H and O–H groups in total. The van der Waals surface area contributed by atoms with E-state index in [0.29, 0.717) is 11.5 Å². The molecule has 1 aliphatic rings. The second-order valence-corrected chi connectivity index (χ2v) is 7.76. The SMILES string of the molecule is O=S(=O)(Cl)c1c(C2CCCC2)nn(-c2cnccn2)c1Cl. The molecule has 2 aromatic heterocycles. The molecule has 0 spiro atoms. The molecule has 6 nitrogen and oxygen atoms in total. The topological polar surface area (TPSA) is 77.7 Å². The van der Waals surface area contributed by atoms with Crippen molar-refractivity contribution in [3.63, 3.8) is 0 Å². The van der Waals surface area contributed by atoms with E-state index in [1.165, 1.54) is 23.3 Å². The van der Waals surface area contributed by atoms with Crippen LogP contribution in [0.15, 0.2) is 23.5 Å². The third-order valence-corrected chi connectivity index (χ3v) is 5.38. The lowest BCUT2D eigenvalue weighted by Gasteiger charge is -2.06. The van der Waals surface area contributed by atoms with E-state index in [1.54, 1.807) is 0 Å². The maximum atomic E-state index is 11.9. The summed E-state index contributed by atoms with van der Waals surface area (Å²) in [5.74, 6) is 0.414. The molecule has 9 heteroatoms. The molecular weight excluding hydrogens is 335 g/mol. The monoisotopic (exact) mass is 346 g/mol. The number of hydrogen-bond acceptors (Lipinski definition) is 5. The van der Waals surface area contributed by atoms with Crippen LogP contribution in [0.1, 0.15) is 37.3 Å². The summed E-state index contributed by atoms with van der Waals surface area (Å²) in [4.78, 5) is 7.92. The van der Waals surface area contributed by atoms with Gasteiger partial charge in [-0.2, -0.15) is 5.10 Å². The first-order chi connectivity index (χ1) is 9.98. The smallest absolute Gasteiger partial charge is 0.259 e. The Morgan fingerprint density at radius 2 is 1.95 bits per heavy atom. The molecule has 0 aliphatic heterocycles. The lowest BCUT2D eigenvalue weighted by atomic mass is 10.1. The van der Waals surface area contributed by atoms with Gasteiger partial charge in [0.05, 0.1) is 11.9 Å². The van der Waals surface area contributed by atoms with Gasteiger partial charge in [-0.3, -0.25) is 4.98 Å². The summed E-state index contributed by atoms with van der Waals surface area (Å²) in [6, 6.07) is 0. The molecule has 0 unspecified atom stereocenters. The van der Waals surface area contributed by atoms with Crippen LogP contribution in [0.4, 0.5) is 0 Å². The number of rotatable bonds is 3. The highest BCUT2D eigenvalue weighted by atomic mass is 35.7. The molecular formula is C12H12Cl2N4O2S. The van der Waals surface area contributed by atoms with Crippen molar-refractivity contribution in [1.82, 2.24) is 19.7 Å². The van der Waals surface area contributed by atoms with Gasteiger partial charge in [0.25, 0.3) is 9.05 Å². The zero-order valence-electron chi connectivity index (χ0n) is 10.9. The Labute approximate surface area is 131 Å². The first-order valence-electron chi connectivity index (χ1n) is 6.48. The summed E-state index contributed by atoms with van der Waals surface area (Å²) >= 11 is 6.20. The van der Waals surface area contributed by atoms with Crippen molar-refractivity contribution in [2.24, 2.45) is 0 Å². The lowest BCUT2D eigenvalue weighted by molar-refractivity contribution is 0.604. The number of aromatic nitrogens is 4. The quantitative estimate of drug-likeness (QED) is 0.798. The Morgan fingerprint density at radius 3 is 2.52 bits per heavy atom. The molecule has 1 aliphatic carbocycles. The van der Waals surface area contributed by atoms with Crippen LogP contribution in [0.2, 0.25) is 5.15 Å². The van der Waals surface area contributed by atoms with E-state index in [2.05, 4.69) is 15.1 Å². The largest absolute Gasteiger partial charge is 0.266 e. The van der Waals surface area contributed by atoms with Crippen molar-refractivity contribution in [2.75, 3.05) is 0 Å². The first-order valence-corrected chi connectivity index (χ1v) is 9.16. The fourth-order valence-corrected chi connectivity index (χ4v) is 4.49. The van der Waals surface area contributed by atoms with E-state index in [9.17, 15) is 8.42 Å². The minimum Gasteiger partial charge on any atom is -0.259 e. The van der Waals surface area contributed by atoms with Crippen molar-refractivity contribution in [1.29, 1.82) is 0 Å². The molecule has 1 fully saturated rings. The molecule has 2 heterocycles. The molecule has 112 valence electrons. The molecule has 1 saturated carbocycles. The van der Waals surface area contributed by atoms with Crippen molar-refractivity contribution < 1.29 is 8.42 Å². The Hall–Kier alpha value is -1.18. The summed E-state index contributed by atoms with van der Waals surface area (Å²) in [7, 11) is 1.57. The molecule has 0 amide bonds. The minimum absolute atomic E-state index is 0.0487. The lowest BCUT2D eigenvalue weighted by Crippen LogP contribution is -2.02. The molecule has 3 rings (SSSR count). The standard InChI is InChI=1S/C12H12Cl2N4O2S/c13-12-11(21(14,19)20)10(8-3-1-2-4-8)17-18(12)9-7-15-5-6-16-9/h5-8H,1-4H2. The van der Waals surface area contributed by atoms with Gasteiger partial charge >= 0.3 is 0 Å². The normalized spacial score (nSPS) is 16.5. The Morgan fingerprint density at radius 1 is 1.24 bits per heavy atom. The van der Waals surface area contributed by atoms with Gasteiger partial charge in [0, 0.05) is 29.0 Å². The zero-order valence-corrected chi connectivity index (χ0v) is 13.2. The van der Waals surface area contributed by atoms with Crippen LogP contribution >= 0.6 is 22.3 Å². The molecule has 21 heavy (non-hydrogen) atoms. The molecule has 0 saturated heterocycles. The van der Waals surface area contributed by atoms with Gasteiger partial charge in [-0.15, -0.1) is 0 Å². The summed E-state index contributed by atoms with van der Waals surface area (Å²) < 4.78 is 25.0. The average molecular weight is 347 g/mol. The highest BCUT2D eigenvalue weighted by Gasteiger charge is 2.33. The van der Waals surface area contributed by atoms with Gasteiger partial charge in [-0.25, -0.2) is 18.1 Å². The predicted molar refractivity (Wildman–Crippen MR) is 78.4 cm³/mol. The summed E-state index contributed by atoms with van der Waals surface area (Å²) in [5, 5.41) is 4.30. The Bertz CT molecular complexity index is 755. The van der Waals surface area contributed by atoms with E-state index in [4.69, 9.17) is 22.3 Å². The highest BCUT2D eigenvalue weighted by molar-refractivity contribution is 8.13. The van der Waals surface area contributed by atoms with Crippen molar-refractivity contribution in [2.45, 2.75) is 36.5 Å². The van der Waals surface area contributed by atoms with E-state index in [0.717, 1.165) is 25.7 Å². The zero-order chi connectivity index (χ0) is 15.0. The van der Waals surface area contributed by atoms with Crippen LogP contribution < -0.4 is 0 Å². The first kappa shape index (κ1) is 14.7. The maximum Gasteiger partial charge on any atom is 0.266 e. The van der Waals surface area contributed by atoms with Crippen molar-refractivity contribution in [3.8, 4) is 5.82 Å². The van der Waals surface area contributed by atoms with E-state index in [-0.39, 0.29) is 16.0 Å². The van der Waals surface area contributed by atoms with Gasteiger partial charge in [-0.1, -0.05) is 24.4 Å². The van der Waals surface area contributed by atoms with E-state index >= 15 is 0 Å². The van der Waals surface area contributed by atoms with Gasteiger partial charge in [0.1, 0.15) is 4.90 Å². The van der Waals surface area contributed by atoms with Crippen LogP contribution in [0, 0.1) is 0 Å². The van der Waals surface area contributed by atoms with Crippen LogP contribution in [0.25, 0.3) is 5.82 Å². The second kappa shape index (κ2) is 5.55. The van der Waals surface area contributed by atoms with E-state index < -0.39 is 9.05 Å². The maximum absolute atomic E-state index is 11.9. The Kier molecular flexibility index (Phi) is 3.90. The van der Waals surface area contributed by atoms with Crippen molar-refractivity contribution >= 4 is 31.3 Å². The second-order valence-electron chi connectivity index (χ2n) is 4.90. The van der Waals surface area contributed by atoms with Crippen LogP contribution in [-0.4, -0.2) is 28.2 Å². The van der Waals surface area contributed by atoms with Gasteiger partial charge in [0.2, 0.25) is 0 Å². The summed E-state index contributed by atoms with van der Waals surface area (Å²) in [6.07, 6.45) is 8.31. The highest BCUT2D eigenvalue weighted by Crippen LogP contribution is 2.40. The number of hydrogen-bond donors (Lipinski definition) is 0. The average Bonchev–Trinajstić information content (AvgIpc) is 3.05. The van der Waals surface area contributed by atoms with E-state index in [1.807, 2.05) is 0 Å². The van der Waals surface area contributed by atoms with Gasteiger partial charge < -0.3 is 0 Å². The molecule has 0 atom stereocenters. The van der Waals surface area contributed by atoms with Crippen LogP contribution in [0.5, 0.6) is 0 Å². The number of nitrogens with zero attached hydrogens (tertiary/aromatic N) is 4. The minimum atomic E-state index is -3.98. The van der Waals surface area contributed by atoms with Crippen molar-refractivity contribution in [3.05, 3.63) is 29.4 Å². The predicted octanol–water partition coefficient (Wildman–Crippen LogP) is 2.90. The fourth-order valence-electron chi connectivity index (χ4n) is 2.64. The third kappa shape index (κ3) is 2.77. The summed E-state index contributed by atoms with van der Waals surface area (Å²) in [5.41, 5.74) is 0.429. The molecule has 0 bridgehead atoms. The third-order valence-electron chi connectivity index (χ3n) is 3.57. The Balaban J connectivity index is 2.20. The van der Waals surface area contributed by atoms with Gasteiger partial charge in [-0.05, 0) is 12.8 Å². The molecule has 0 radical (unpaired) electrons. The molecule has 2 aromatic rings. The van der Waals surface area contributed by atoms with Crippen LogP contribution in [-0.2, 0) is 9.05 Å². The van der Waals surface area contributed by atoms with Crippen LogP contribution in [0.3, 0.4) is 0 Å².